The fourth-order valence-electron chi connectivity index (χ4n) is 2.11. The second-order valence-electron chi connectivity index (χ2n) is 4.67. The van der Waals surface area contributed by atoms with E-state index in [-0.39, 0.29) is 11.9 Å². The minimum absolute atomic E-state index is 0.0153. The Labute approximate surface area is 112 Å². The Kier molecular flexibility index (Phi) is 4.22. The number of halogens is 1. The van der Waals surface area contributed by atoms with Crippen LogP contribution in [0.25, 0.3) is 0 Å². The molecule has 1 fully saturated rings. The van der Waals surface area contributed by atoms with E-state index in [9.17, 15) is 9.90 Å². The van der Waals surface area contributed by atoms with Crippen molar-refractivity contribution in [2.75, 3.05) is 13.6 Å². The maximum atomic E-state index is 12.1. The van der Waals surface area contributed by atoms with Crippen LogP contribution in [0, 0.1) is 0 Å². The number of β-amino-alcohol motifs (C(OH)–C–C–N with tert-alkyl or cyclic N) is 1. The van der Waals surface area contributed by atoms with E-state index in [1.807, 2.05) is 24.3 Å². The Hall–Kier alpha value is -1.10. The van der Waals surface area contributed by atoms with Crippen molar-refractivity contribution < 1.29 is 9.90 Å². The first-order valence-electron chi connectivity index (χ1n) is 5.97. The molecule has 1 saturated heterocycles. The van der Waals surface area contributed by atoms with E-state index >= 15 is 0 Å². The van der Waals surface area contributed by atoms with Gasteiger partial charge in [0, 0.05) is 25.2 Å². The first-order valence-corrected chi connectivity index (χ1v) is 6.35. The highest BCUT2D eigenvalue weighted by atomic mass is 35.5. The second kappa shape index (κ2) is 5.69. The summed E-state index contributed by atoms with van der Waals surface area (Å²) < 4.78 is 0. The molecular formula is C13H17ClN2O2. The first kappa shape index (κ1) is 13.3. The molecule has 5 heteroatoms. The Morgan fingerprint density at radius 1 is 1.50 bits per heavy atom. The quantitative estimate of drug-likeness (QED) is 0.861. The number of likely N-dealkylation sites (N-methyl/N-ethyl adjacent to an activating group) is 1. The zero-order valence-electron chi connectivity index (χ0n) is 10.3. The highest BCUT2D eigenvalue weighted by Gasteiger charge is 2.29. The van der Waals surface area contributed by atoms with Crippen molar-refractivity contribution >= 4 is 17.5 Å². The number of aliphatic hydroxyl groups excluding tert-OH is 1. The van der Waals surface area contributed by atoms with Gasteiger partial charge in [0.25, 0.3) is 0 Å². The zero-order valence-corrected chi connectivity index (χ0v) is 11.0. The summed E-state index contributed by atoms with van der Waals surface area (Å²) in [5.74, 6) is 0.0153. The summed E-state index contributed by atoms with van der Waals surface area (Å²) in [7, 11) is 1.77. The van der Waals surface area contributed by atoms with E-state index in [1.54, 1.807) is 11.9 Å². The molecule has 2 unspecified atom stereocenters. The van der Waals surface area contributed by atoms with Crippen molar-refractivity contribution in [2.45, 2.75) is 25.1 Å². The summed E-state index contributed by atoms with van der Waals surface area (Å²) in [5.41, 5.74) is 1.04. The molecule has 2 N–H and O–H groups in total. The average molecular weight is 269 g/mol. The zero-order chi connectivity index (χ0) is 13.1. The minimum Gasteiger partial charge on any atom is -0.392 e. The smallest absolute Gasteiger partial charge is 0.239 e. The molecule has 98 valence electrons. The van der Waals surface area contributed by atoms with E-state index in [4.69, 9.17) is 11.6 Å². The molecule has 0 radical (unpaired) electrons. The van der Waals surface area contributed by atoms with Gasteiger partial charge in [-0.15, -0.1) is 0 Å². The van der Waals surface area contributed by atoms with Crippen LogP contribution in [0.1, 0.15) is 12.0 Å². The second-order valence-corrected chi connectivity index (χ2v) is 5.11. The third kappa shape index (κ3) is 3.22. The Morgan fingerprint density at radius 3 is 2.72 bits per heavy atom. The van der Waals surface area contributed by atoms with Crippen LogP contribution in [0.5, 0.6) is 0 Å². The van der Waals surface area contributed by atoms with E-state index in [2.05, 4.69) is 5.32 Å². The number of amides is 1. The molecule has 1 aromatic rings. The van der Waals surface area contributed by atoms with E-state index < -0.39 is 6.10 Å². The number of aliphatic hydroxyl groups is 1. The largest absolute Gasteiger partial charge is 0.392 e. The van der Waals surface area contributed by atoms with Crippen molar-refractivity contribution in [3.8, 4) is 0 Å². The molecule has 1 aliphatic rings. The molecule has 0 bridgehead atoms. The molecule has 1 amide bonds. The van der Waals surface area contributed by atoms with Gasteiger partial charge < -0.3 is 15.3 Å². The van der Waals surface area contributed by atoms with Crippen LogP contribution in [-0.4, -0.2) is 41.7 Å². The summed E-state index contributed by atoms with van der Waals surface area (Å²) in [4.78, 5) is 13.8. The Balaban J connectivity index is 1.93. The van der Waals surface area contributed by atoms with Crippen molar-refractivity contribution in [2.24, 2.45) is 0 Å². The first-order chi connectivity index (χ1) is 8.56. The lowest BCUT2D eigenvalue weighted by molar-refractivity contribution is -0.132. The maximum absolute atomic E-state index is 12.1. The maximum Gasteiger partial charge on any atom is 0.239 e. The summed E-state index contributed by atoms with van der Waals surface area (Å²) in [6.45, 7) is 1.04. The highest BCUT2D eigenvalue weighted by molar-refractivity contribution is 6.30. The molecule has 2 atom stereocenters. The fourth-order valence-corrected chi connectivity index (χ4v) is 2.24. The number of nitrogens with zero attached hydrogens (tertiary/aromatic N) is 1. The lowest BCUT2D eigenvalue weighted by Gasteiger charge is -2.21. The van der Waals surface area contributed by atoms with Gasteiger partial charge in [0.1, 0.15) is 0 Å². The number of carbonyl (C=O) groups is 1. The molecule has 1 heterocycles. The van der Waals surface area contributed by atoms with E-state index in [0.29, 0.717) is 24.5 Å². The summed E-state index contributed by atoms with van der Waals surface area (Å²) >= 11 is 5.81. The predicted molar refractivity (Wildman–Crippen MR) is 70.3 cm³/mol. The van der Waals surface area contributed by atoms with Crippen molar-refractivity contribution in [1.82, 2.24) is 10.2 Å². The third-order valence-electron chi connectivity index (χ3n) is 3.11. The molecule has 0 spiro atoms. The average Bonchev–Trinajstić information content (AvgIpc) is 2.78. The minimum atomic E-state index is -0.414. The molecule has 0 saturated carbocycles. The molecule has 4 nitrogen and oxygen atoms in total. The van der Waals surface area contributed by atoms with Crippen LogP contribution >= 0.6 is 11.6 Å². The topological polar surface area (TPSA) is 52.6 Å². The van der Waals surface area contributed by atoms with Gasteiger partial charge >= 0.3 is 0 Å². The monoisotopic (exact) mass is 268 g/mol. The number of carbonyl (C=O) groups excluding carboxylic acids is 1. The lowest BCUT2D eigenvalue weighted by Crippen LogP contribution is -2.41. The Morgan fingerprint density at radius 2 is 2.17 bits per heavy atom. The van der Waals surface area contributed by atoms with Gasteiger partial charge in [0.05, 0.1) is 12.1 Å². The molecule has 1 aliphatic heterocycles. The predicted octanol–water partition coefficient (Wildman–Crippen LogP) is 1.02. The van der Waals surface area contributed by atoms with Gasteiger partial charge in [-0.05, 0) is 24.1 Å². The van der Waals surface area contributed by atoms with Crippen LogP contribution < -0.4 is 5.32 Å². The number of nitrogens with one attached hydrogen (secondary N) is 1. The standard InChI is InChI=1S/C13H17ClN2O2/c1-16(8-9-2-4-10(14)5-3-9)13(18)12-6-11(17)7-15-12/h2-5,11-12,15,17H,6-8H2,1H3. The van der Waals surface area contributed by atoms with Gasteiger partial charge in [-0.25, -0.2) is 0 Å². The molecule has 18 heavy (non-hydrogen) atoms. The van der Waals surface area contributed by atoms with Gasteiger partial charge in [-0.1, -0.05) is 23.7 Å². The van der Waals surface area contributed by atoms with Crippen LogP contribution in [0.15, 0.2) is 24.3 Å². The number of hydrogen-bond acceptors (Lipinski definition) is 3. The Bertz CT molecular complexity index is 422. The summed E-state index contributed by atoms with van der Waals surface area (Å²) in [5, 5.41) is 13.1. The molecule has 1 aromatic carbocycles. The number of hydrogen-bond donors (Lipinski definition) is 2. The van der Waals surface area contributed by atoms with Crippen LogP contribution in [0.3, 0.4) is 0 Å². The highest BCUT2D eigenvalue weighted by Crippen LogP contribution is 2.13. The summed E-state index contributed by atoms with van der Waals surface area (Å²) in [6, 6.07) is 7.17. The normalized spacial score (nSPS) is 23.1. The van der Waals surface area contributed by atoms with Crippen molar-refractivity contribution in [3.63, 3.8) is 0 Å². The molecular weight excluding hydrogens is 252 g/mol. The van der Waals surface area contributed by atoms with Gasteiger partial charge in [-0.2, -0.15) is 0 Å². The van der Waals surface area contributed by atoms with Crippen LogP contribution in [0.4, 0.5) is 0 Å². The summed E-state index contributed by atoms with van der Waals surface area (Å²) in [6.07, 6.45) is 0.0759. The number of benzene rings is 1. The van der Waals surface area contributed by atoms with Crippen molar-refractivity contribution in [1.29, 1.82) is 0 Å². The van der Waals surface area contributed by atoms with Crippen molar-refractivity contribution in [3.05, 3.63) is 34.9 Å². The van der Waals surface area contributed by atoms with Crippen LogP contribution in [-0.2, 0) is 11.3 Å². The van der Waals surface area contributed by atoms with Gasteiger partial charge in [-0.3, -0.25) is 4.79 Å². The van der Waals surface area contributed by atoms with Gasteiger partial charge in [0.15, 0.2) is 0 Å². The number of rotatable bonds is 3. The lowest BCUT2D eigenvalue weighted by atomic mass is 10.1. The SMILES string of the molecule is CN(Cc1ccc(Cl)cc1)C(=O)C1CC(O)CN1. The molecule has 0 aromatic heterocycles. The van der Waals surface area contributed by atoms with E-state index in [0.717, 1.165) is 5.56 Å². The molecule has 0 aliphatic carbocycles. The van der Waals surface area contributed by atoms with Crippen LogP contribution in [0.2, 0.25) is 5.02 Å². The van der Waals surface area contributed by atoms with Gasteiger partial charge in [0.2, 0.25) is 5.91 Å². The third-order valence-corrected chi connectivity index (χ3v) is 3.37. The molecule has 2 rings (SSSR count). The fraction of sp³-hybridized carbons (Fsp3) is 0.462. The van der Waals surface area contributed by atoms with E-state index in [1.165, 1.54) is 0 Å².